The highest BCUT2D eigenvalue weighted by Crippen LogP contribution is 2.21. The maximum absolute atomic E-state index is 4.72. The van der Waals surface area contributed by atoms with Gasteiger partial charge in [-0.15, -0.1) is 24.0 Å². The van der Waals surface area contributed by atoms with Crippen molar-refractivity contribution >= 4 is 45.9 Å². The van der Waals surface area contributed by atoms with E-state index in [4.69, 9.17) is 5.10 Å². The molecule has 0 radical (unpaired) electrons. The van der Waals surface area contributed by atoms with E-state index in [1.54, 1.807) is 0 Å². The second kappa shape index (κ2) is 9.66. The molecule has 0 bridgehead atoms. The number of nitrogens with one attached hydrogen (secondary N) is 2. The van der Waals surface area contributed by atoms with Gasteiger partial charge in [0.25, 0.3) is 0 Å². The fraction of sp³-hybridized carbons (Fsp3) is 0.625. The summed E-state index contributed by atoms with van der Waals surface area (Å²) in [4.78, 5) is 4.52. The molecule has 1 heterocycles. The van der Waals surface area contributed by atoms with Gasteiger partial charge >= 0.3 is 0 Å². The molecule has 1 aliphatic carbocycles. The van der Waals surface area contributed by atoms with Gasteiger partial charge in [-0.05, 0) is 39.2 Å². The Bertz CT molecular complexity index is 553. The molecular weight excluding hydrogens is 469 g/mol. The lowest BCUT2D eigenvalue weighted by molar-refractivity contribution is 0.499. The third-order valence-electron chi connectivity index (χ3n) is 3.72. The summed E-state index contributed by atoms with van der Waals surface area (Å²) in [6.07, 6.45) is 5.33. The highest BCUT2D eigenvalue weighted by molar-refractivity contribution is 14.0. The molecule has 0 aliphatic heterocycles. The molecule has 1 unspecified atom stereocenters. The van der Waals surface area contributed by atoms with Crippen molar-refractivity contribution in [2.45, 2.75) is 52.1 Å². The average molecular weight is 496 g/mol. The number of halogens is 2. The van der Waals surface area contributed by atoms with E-state index in [1.165, 1.54) is 11.3 Å². The summed E-state index contributed by atoms with van der Waals surface area (Å²) in [7, 11) is 0. The number of hydrogen-bond donors (Lipinski definition) is 2. The number of aromatic nitrogens is 2. The molecule has 0 fully saturated rings. The third kappa shape index (κ3) is 6.10. The molecule has 1 aromatic rings. The first-order chi connectivity index (χ1) is 10.5. The van der Waals surface area contributed by atoms with Gasteiger partial charge in [0.1, 0.15) is 0 Å². The van der Waals surface area contributed by atoms with Crippen LogP contribution in [0.3, 0.4) is 0 Å². The number of nitrogens with zero attached hydrogens (tertiary/aromatic N) is 3. The van der Waals surface area contributed by atoms with Gasteiger partial charge in [0.15, 0.2) is 5.96 Å². The molecule has 0 saturated heterocycles. The molecule has 130 valence electrons. The van der Waals surface area contributed by atoms with E-state index in [0.29, 0.717) is 18.6 Å². The van der Waals surface area contributed by atoms with Crippen LogP contribution in [0.1, 0.15) is 44.5 Å². The lowest BCUT2D eigenvalue weighted by Gasteiger charge is -2.24. The van der Waals surface area contributed by atoms with E-state index in [2.05, 4.69) is 69.8 Å². The van der Waals surface area contributed by atoms with Gasteiger partial charge in [-0.25, -0.2) is 4.99 Å². The number of aliphatic imine (C=N–C) groups is 1. The van der Waals surface area contributed by atoms with Crippen molar-refractivity contribution in [3.63, 3.8) is 0 Å². The fourth-order valence-corrected chi connectivity index (χ4v) is 2.70. The minimum absolute atomic E-state index is 0. The maximum atomic E-state index is 4.72. The van der Waals surface area contributed by atoms with Crippen molar-refractivity contribution in [2.24, 2.45) is 4.99 Å². The van der Waals surface area contributed by atoms with E-state index in [9.17, 15) is 0 Å². The average Bonchev–Trinajstić information content (AvgIpc) is 2.88. The molecule has 2 rings (SSSR count). The molecular formula is C16H27BrIN5. The third-order valence-corrected chi connectivity index (χ3v) is 3.97. The Morgan fingerprint density at radius 3 is 2.91 bits per heavy atom. The van der Waals surface area contributed by atoms with Crippen molar-refractivity contribution in [1.82, 2.24) is 20.4 Å². The van der Waals surface area contributed by atoms with Gasteiger partial charge in [-0.3, -0.25) is 4.68 Å². The van der Waals surface area contributed by atoms with Crippen molar-refractivity contribution in [3.8, 4) is 0 Å². The Morgan fingerprint density at radius 1 is 1.57 bits per heavy atom. The van der Waals surface area contributed by atoms with Crippen LogP contribution in [0.5, 0.6) is 0 Å². The Morgan fingerprint density at radius 2 is 2.30 bits per heavy atom. The van der Waals surface area contributed by atoms with Crippen LogP contribution in [0.2, 0.25) is 0 Å². The Labute approximate surface area is 164 Å². The molecule has 1 aliphatic rings. The van der Waals surface area contributed by atoms with Gasteiger partial charge in [-0.1, -0.05) is 22.5 Å². The smallest absolute Gasteiger partial charge is 0.191 e. The Kier molecular flexibility index (Phi) is 8.60. The fourth-order valence-electron chi connectivity index (χ4n) is 2.58. The summed E-state index contributed by atoms with van der Waals surface area (Å²) in [6, 6.07) is 0.797. The van der Waals surface area contributed by atoms with Gasteiger partial charge in [0, 0.05) is 35.7 Å². The SMILES string of the molecule is C=C(Br)CN=C(NCC)NC1CCc2cn(C(C)C)nc2C1.I. The largest absolute Gasteiger partial charge is 0.357 e. The predicted octanol–water partition coefficient (Wildman–Crippen LogP) is 3.40. The standard InChI is InChI=1S/C16H26BrN5.HI/c1-5-18-16(19-9-12(4)17)20-14-7-6-13-10-22(11(2)3)21-15(13)8-14;/h10-11,14H,4-9H2,1-3H3,(H2,18,19,20);1H. The van der Waals surface area contributed by atoms with Crippen LogP contribution in [0.15, 0.2) is 22.3 Å². The van der Waals surface area contributed by atoms with Gasteiger partial charge in [-0.2, -0.15) is 5.10 Å². The molecule has 5 nitrogen and oxygen atoms in total. The second-order valence-corrected chi connectivity index (χ2v) is 7.09. The molecule has 2 N–H and O–H groups in total. The Balaban J connectivity index is 0.00000264. The van der Waals surface area contributed by atoms with Gasteiger partial charge in [0.2, 0.25) is 0 Å². The number of fused-ring (bicyclic) bond motifs is 1. The van der Waals surface area contributed by atoms with Crippen LogP contribution in [0.4, 0.5) is 0 Å². The first-order valence-electron chi connectivity index (χ1n) is 7.94. The quantitative estimate of drug-likeness (QED) is 0.374. The molecule has 23 heavy (non-hydrogen) atoms. The van der Waals surface area contributed by atoms with Crippen LogP contribution in [0.25, 0.3) is 0 Å². The lowest BCUT2D eigenvalue weighted by Crippen LogP contribution is -2.45. The maximum Gasteiger partial charge on any atom is 0.191 e. The number of rotatable bonds is 5. The molecule has 0 spiro atoms. The molecule has 1 atom stereocenters. The van der Waals surface area contributed by atoms with Crippen molar-refractivity contribution in [1.29, 1.82) is 0 Å². The molecule has 7 heteroatoms. The van der Waals surface area contributed by atoms with E-state index < -0.39 is 0 Å². The molecule has 0 saturated carbocycles. The summed E-state index contributed by atoms with van der Waals surface area (Å²) < 4.78 is 2.95. The number of aryl methyl sites for hydroxylation is 1. The summed E-state index contributed by atoms with van der Waals surface area (Å²) in [6.45, 7) is 11.7. The first kappa shape index (κ1) is 20.5. The Hall–Kier alpha value is -0.570. The lowest BCUT2D eigenvalue weighted by atomic mass is 9.94. The van der Waals surface area contributed by atoms with Crippen LogP contribution in [0, 0.1) is 0 Å². The van der Waals surface area contributed by atoms with Crippen LogP contribution >= 0.6 is 39.9 Å². The van der Waals surface area contributed by atoms with Crippen LogP contribution in [-0.2, 0) is 12.8 Å². The number of guanidine groups is 1. The van der Waals surface area contributed by atoms with E-state index in [1.807, 2.05) is 0 Å². The van der Waals surface area contributed by atoms with Crippen molar-refractivity contribution in [2.75, 3.05) is 13.1 Å². The first-order valence-corrected chi connectivity index (χ1v) is 8.74. The van der Waals surface area contributed by atoms with Crippen molar-refractivity contribution in [3.05, 3.63) is 28.5 Å². The monoisotopic (exact) mass is 495 g/mol. The summed E-state index contributed by atoms with van der Waals surface area (Å²) in [5.41, 5.74) is 2.61. The minimum atomic E-state index is 0. The predicted molar refractivity (Wildman–Crippen MR) is 111 cm³/mol. The number of hydrogen-bond acceptors (Lipinski definition) is 2. The summed E-state index contributed by atoms with van der Waals surface area (Å²) in [5.74, 6) is 0.847. The highest BCUT2D eigenvalue weighted by atomic mass is 127. The zero-order valence-corrected chi connectivity index (χ0v) is 18.0. The molecule has 1 aromatic heterocycles. The van der Waals surface area contributed by atoms with E-state index in [-0.39, 0.29) is 24.0 Å². The van der Waals surface area contributed by atoms with Crippen LogP contribution in [-0.4, -0.2) is 34.9 Å². The highest BCUT2D eigenvalue weighted by Gasteiger charge is 2.22. The zero-order chi connectivity index (χ0) is 16.1. The second-order valence-electron chi connectivity index (χ2n) is 5.97. The van der Waals surface area contributed by atoms with E-state index in [0.717, 1.165) is 36.2 Å². The van der Waals surface area contributed by atoms with Crippen LogP contribution < -0.4 is 10.6 Å². The zero-order valence-electron chi connectivity index (χ0n) is 14.1. The van der Waals surface area contributed by atoms with Gasteiger partial charge in [0.05, 0.1) is 12.2 Å². The summed E-state index contributed by atoms with van der Waals surface area (Å²) in [5, 5.41) is 11.5. The minimum Gasteiger partial charge on any atom is -0.357 e. The van der Waals surface area contributed by atoms with Crippen molar-refractivity contribution < 1.29 is 0 Å². The van der Waals surface area contributed by atoms with Gasteiger partial charge < -0.3 is 10.6 Å². The topological polar surface area (TPSA) is 54.2 Å². The summed E-state index contributed by atoms with van der Waals surface area (Å²) >= 11 is 3.35. The van der Waals surface area contributed by atoms with E-state index >= 15 is 0 Å². The molecule has 0 amide bonds. The molecule has 0 aromatic carbocycles. The normalized spacial score (nSPS) is 17.4.